The van der Waals surface area contributed by atoms with E-state index in [0.29, 0.717) is 30.4 Å². The summed E-state index contributed by atoms with van der Waals surface area (Å²) in [6.45, 7) is 2.45. The first-order chi connectivity index (χ1) is 8.28. The maximum Gasteiger partial charge on any atom is 0.223 e. The number of hydrogen-bond acceptors (Lipinski definition) is 6. The number of aromatic nitrogens is 3. The first kappa shape index (κ1) is 11.1. The SMILES string of the molecule is Cc1nc(CCNc2ccc(C#N)nc2)no1. The van der Waals surface area contributed by atoms with Crippen molar-refractivity contribution in [2.75, 3.05) is 11.9 Å². The molecule has 17 heavy (non-hydrogen) atoms. The molecule has 6 nitrogen and oxygen atoms in total. The van der Waals surface area contributed by atoms with Crippen LogP contribution in [0.4, 0.5) is 5.69 Å². The molecule has 2 rings (SSSR count). The molecule has 0 saturated carbocycles. The zero-order valence-electron chi connectivity index (χ0n) is 9.34. The summed E-state index contributed by atoms with van der Waals surface area (Å²) in [5, 5.41) is 15.5. The minimum absolute atomic E-state index is 0.407. The predicted octanol–water partition coefficient (Wildman–Crippen LogP) is 1.30. The van der Waals surface area contributed by atoms with Crippen molar-refractivity contribution in [1.29, 1.82) is 5.26 Å². The Kier molecular flexibility index (Phi) is 3.31. The third-order valence-electron chi connectivity index (χ3n) is 2.13. The monoisotopic (exact) mass is 229 g/mol. The van der Waals surface area contributed by atoms with Crippen LogP contribution in [-0.2, 0) is 6.42 Å². The van der Waals surface area contributed by atoms with Crippen LogP contribution in [0.2, 0.25) is 0 Å². The standard InChI is InChI=1S/C11H11N5O/c1-8-15-11(16-17-8)4-5-13-10-3-2-9(6-12)14-7-10/h2-3,7,13H,4-5H2,1H3. The first-order valence-electron chi connectivity index (χ1n) is 5.17. The van der Waals surface area contributed by atoms with Crippen LogP contribution < -0.4 is 5.32 Å². The Labute approximate surface area is 98.3 Å². The summed E-state index contributed by atoms with van der Waals surface area (Å²) in [4.78, 5) is 8.05. The molecule has 0 aliphatic heterocycles. The lowest BCUT2D eigenvalue weighted by molar-refractivity contribution is 0.387. The summed E-state index contributed by atoms with van der Waals surface area (Å²) >= 11 is 0. The van der Waals surface area contributed by atoms with Crippen LogP contribution in [0.1, 0.15) is 17.4 Å². The molecule has 0 atom stereocenters. The van der Waals surface area contributed by atoms with E-state index in [2.05, 4.69) is 20.4 Å². The Morgan fingerprint density at radius 1 is 1.47 bits per heavy atom. The molecule has 0 amide bonds. The smallest absolute Gasteiger partial charge is 0.223 e. The molecule has 0 radical (unpaired) electrons. The second-order valence-corrected chi connectivity index (χ2v) is 3.45. The Hall–Kier alpha value is -2.42. The Balaban J connectivity index is 1.84. The van der Waals surface area contributed by atoms with Crippen LogP contribution in [-0.4, -0.2) is 21.7 Å². The molecular formula is C11H11N5O. The molecular weight excluding hydrogens is 218 g/mol. The van der Waals surface area contributed by atoms with Crippen LogP contribution in [0, 0.1) is 18.3 Å². The molecule has 0 aliphatic rings. The molecule has 6 heteroatoms. The lowest BCUT2D eigenvalue weighted by Gasteiger charge is -2.03. The summed E-state index contributed by atoms with van der Waals surface area (Å²) in [6, 6.07) is 5.45. The molecule has 86 valence electrons. The largest absolute Gasteiger partial charge is 0.383 e. The summed E-state index contributed by atoms with van der Waals surface area (Å²) in [7, 11) is 0. The van der Waals surface area contributed by atoms with Crippen LogP contribution >= 0.6 is 0 Å². The van der Waals surface area contributed by atoms with Crippen molar-refractivity contribution in [3.05, 3.63) is 35.7 Å². The number of hydrogen-bond donors (Lipinski definition) is 1. The molecule has 0 aromatic carbocycles. The minimum atomic E-state index is 0.407. The molecule has 0 bridgehead atoms. The Morgan fingerprint density at radius 2 is 2.35 bits per heavy atom. The molecule has 0 spiro atoms. The normalized spacial score (nSPS) is 9.88. The van der Waals surface area contributed by atoms with Crippen molar-refractivity contribution >= 4 is 5.69 Å². The number of rotatable bonds is 4. The van der Waals surface area contributed by atoms with Gasteiger partial charge < -0.3 is 9.84 Å². The van der Waals surface area contributed by atoms with Gasteiger partial charge in [0.05, 0.1) is 11.9 Å². The van der Waals surface area contributed by atoms with Crippen molar-refractivity contribution in [3.63, 3.8) is 0 Å². The van der Waals surface area contributed by atoms with Gasteiger partial charge in [-0.2, -0.15) is 10.2 Å². The number of anilines is 1. The number of nitriles is 1. The van der Waals surface area contributed by atoms with Crippen LogP contribution in [0.3, 0.4) is 0 Å². The van der Waals surface area contributed by atoms with Crippen LogP contribution in [0.15, 0.2) is 22.9 Å². The fourth-order valence-electron chi connectivity index (χ4n) is 1.33. The van der Waals surface area contributed by atoms with Crippen molar-refractivity contribution in [2.24, 2.45) is 0 Å². The third-order valence-corrected chi connectivity index (χ3v) is 2.13. The van der Waals surface area contributed by atoms with Gasteiger partial charge in [0.1, 0.15) is 11.8 Å². The molecule has 0 saturated heterocycles. The lowest BCUT2D eigenvalue weighted by Crippen LogP contribution is -2.06. The van der Waals surface area contributed by atoms with Crippen molar-refractivity contribution in [2.45, 2.75) is 13.3 Å². The van der Waals surface area contributed by atoms with E-state index < -0.39 is 0 Å². The fourth-order valence-corrected chi connectivity index (χ4v) is 1.33. The summed E-state index contributed by atoms with van der Waals surface area (Å²) in [5.74, 6) is 1.25. The third kappa shape index (κ3) is 3.01. The average Bonchev–Trinajstić information content (AvgIpc) is 2.76. The van der Waals surface area contributed by atoms with Gasteiger partial charge in [0.25, 0.3) is 0 Å². The molecule has 0 aliphatic carbocycles. The predicted molar refractivity (Wildman–Crippen MR) is 60.2 cm³/mol. The quantitative estimate of drug-likeness (QED) is 0.850. The topological polar surface area (TPSA) is 87.6 Å². The van der Waals surface area contributed by atoms with Gasteiger partial charge in [0.15, 0.2) is 5.82 Å². The summed E-state index contributed by atoms with van der Waals surface area (Å²) < 4.78 is 4.86. The molecule has 2 heterocycles. The van der Waals surface area contributed by atoms with E-state index in [0.717, 1.165) is 5.69 Å². The zero-order valence-corrected chi connectivity index (χ0v) is 9.34. The van der Waals surface area contributed by atoms with Gasteiger partial charge in [-0.3, -0.25) is 0 Å². The van der Waals surface area contributed by atoms with Crippen LogP contribution in [0.5, 0.6) is 0 Å². The number of aryl methyl sites for hydroxylation is 1. The van der Waals surface area contributed by atoms with Gasteiger partial charge in [-0.1, -0.05) is 5.16 Å². The highest BCUT2D eigenvalue weighted by molar-refractivity contribution is 5.42. The van der Waals surface area contributed by atoms with E-state index >= 15 is 0 Å². The molecule has 0 unspecified atom stereocenters. The second-order valence-electron chi connectivity index (χ2n) is 3.45. The van der Waals surface area contributed by atoms with Gasteiger partial charge >= 0.3 is 0 Å². The van der Waals surface area contributed by atoms with Gasteiger partial charge in [-0.15, -0.1) is 0 Å². The van der Waals surface area contributed by atoms with Crippen molar-refractivity contribution < 1.29 is 4.52 Å². The Bertz CT molecular complexity index is 526. The van der Waals surface area contributed by atoms with E-state index in [4.69, 9.17) is 9.78 Å². The highest BCUT2D eigenvalue weighted by Crippen LogP contribution is 2.05. The molecule has 2 aromatic rings. The molecule has 1 N–H and O–H groups in total. The fraction of sp³-hybridized carbons (Fsp3) is 0.273. The minimum Gasteiger partial charge on any atom is -0.383 e. The van der Waals surface area contributed by atoms with E-state index in [1.54, 1.807) is 19.2 Å². The van der Waals surface area contributed by atoms with Gasteiger partial charge in [-0.25, -0.2) is 4.98 Å². The average molecular weight is 229 g/mol. The van der Waals surface area contributed by atoms with E-state index in [9.17, 15) is 0 Å². The summed E-state index contributed by atoms with van der Waals surface area (Å²) in [6.07, 6.45) is 2.30. The van der Waals surface area contributed by atoms with E-state index in [1.807, 2.05) is 12.1 Å². The van der Waals surface area contributed by atoms with Crippen LogP contribution in [0.25, 0.3) is 0 Å². The highest BCUT2D eigenvalue weighted by atomic mass is 16.5. The van der Waals surface area contributed by atoms with Crippen molar-refractivity contribution in [1.82, 2.24) is 15.1 Å². The van der Waals surface area contributed by atoms with E-state index in [1.165, 1.54) is 0 Å². The Morgan fingerprint density at radius 3 is 2.94 bits per heavy atom. The second kappa shape index (κ2) is 5.07. The number of nitrogens with one attached hydrogen (secondary N) is 1. The summed E-state index contributed by atoms with van der Waals surface area (Å²) in [5.41, 5.74) is 1.27. The van der Waals surface area contributed by atoms with Gasteiger partial charge in [0, 0.05) is 19.9 Å². The van der Waals surface area contributed by atoms with Crippen molar-refractivity contribution in [3.8, 4) is 6.07 Å². The lowest BCUT2D eigenvalue weighted by atomic mass is 10.3. The maximum atomic E-state index is 8.60. The highest BCUT2D eigenvalue weighted by Gasteiger charge is 2.01. The number of nitrogens with zero attached hydrogens (tertiary/aromatic N) is 4. The van der Waals surface area contributed by atoms with Gasteiger partial charge in [0.2, 0.25) is 5.89 Å². The number of pyridine rings is 1. The first-order valence-corrected chi connectivity index (χ1v) is 5.17. The zero-order chi connectivity index (χ0) is 12.1. The molecule has 2 aromatic heterocycles. The maximum absolute atomic E-state index is 8.60. The van der Waals surface area contributed by atoms with Gasteiger partial charge in [-0.05, 0) is 12.1 Å². The van der Waals surface area contributed by atoms with E-state index in [-0.39, 0.29) is 0 Å². The molecule has 0 fully saturated rings.